The minimum absolute atomic E-state index is 0.0848. The molecule has 2 aliphatic heterocycles. The highest BCUT2D eigenvalue weighted by molar-refractivity contribution is 6.05. The molecule has 39 heavy (non-hydrogen) atoms. The molecule has 0 radical (unpaired) electrons. The van der Waals surface area contributed by atoms with Gasteiger partial charge in [0, 0.05) is 24.1 Å². The first kappa shape index (κ1) is 30.2. The molecule has 11 heteroatoms. The number of hydrogen-bond donors (Lipinski definition) is 1. The average Bonchev–Trinajstić information content (AvgIpc) is 3.24. The zero-order valence-corrected chi connectivity index (χ0v) is 22.5. The molecule has 0 bridgehead atoms. The predicted octanol–water partition coefficient (Wildman–Crippen LogP) is 1.06. The fourth-order valence-electron chi connectivity index (χ4n) is 3.97. The Morgan fingerprint density at radius 1 is 1.03 bits per heavy atom. The molecular weight excluding hydrogens is 508 g/mol. The van der Waals surface area contributed by atoms with Gasteiger partial charge in [0.25, 0.3) is 5.91 Å². The van der Waals surface area contributed by atoms with Crippen LogP contribution in [0.1, 0.15) is 48.2 Å². The fourth-order valence-corrected chi connectivity index (χ4v) is 3.97. The summed E-state index contributed by atoms with van der Waals surface area (Å²) in [6.07, 6.45) is 0.531. The molecule has 1 atom stereocenters. The number of carbonyl (C=O) groups excluding carboxylic acids is 4. The van der Waals surface area contributed by atoms with Gasteiger partial charge >= 0.3 is 5.97 Å². The van der Waals surface area contributed by atoms with E-state index in [-0.39, 0.29) is 44.0 Å². The Kier molecular flexibility index (Phi) is 12.4. The molecule has 11 nitrogen and oxygen atoms in total. The normalized spacial score (nSPS) is 16.6. The SMILES string of the molecule is CC(C)COC(=O)COCCOCCOCCOCC#Cc1cccc2c1CN(C1CCC(=O)NC1=O)C2=O. The summed E-state index contributed by atoms with van der Waals surface area (Å²) >= 11 is 0. The van der Waals surface area contributed by atoms with E-state index in [4.69, 9.17) is 23.7 Å². The number of fused-ring (bicyclic) bond motifs is 1. The lowest BCUT2D eigenvalue weighted by molar-refractivity contribution is -0.150. The van der Waals surface area contributed by atoms with Gasteiger partial charge in [-0.2, -0.15) is 0 Å². The van der Waals surface area contributed by atoms with Gasteiger partial charge in [0.2, 0.25) is 11.8 Å². The summed E-state index contributed by atoms with van der Waals surface area (Å²) in [5, 5.41) is 2.31. The summed E-state index contributed by atoms with van der Waals surface area (Å²) in [6.45, 7) is 6.91. The molecule has 0 saturated carbocycles. The predicted molar refractivity (Wildman–Crippen MR) is 138 cm³/mol. The number of nitrogens with one attached hydrogen (secondary N) is 1. The lowest BCUT2D eigenvalue weighted by atomic mass is 10.0. The van der Waals surface area contributed by atoms with Crippen LogP contribution in [0.25, 0.3) is 0 Å². The Hall–Kier alpha value is -3.30. The van der Waals surface area contributed by atoms with Crippen molar-refractivity contribution in [3.63, 3.8) is 0 Å². The molecule has 1 N–H and O–H groups in total. The van der Waals surface area contributed by atoms with Gasteiger partial charge < -0.3 is 28.6 Å². The highest BCUT2D eigenvalue weighted by atomic mass is 16.6. The summed E-state index contributed by atoms with van der Waals surface area (Å²) in [5.74, 6) is 4.94. The average molecular weight is 545 g/mol. The number of carbonyl (C=O) groups is 4. The Labute approximate surface area is 228 Å². The highest BCUT2D eigenvalue weighted by Gasteiger charge is 2.39. The van der Waals surface area contributed by atoms with Gasteiger partial charge in [0.1, 0.15) is 19.3 Å². The van der Waals surface area contributed by atoms with Crippen molar-refractivity contribution in [3.05, 3.63) is 34.9 Å². The fraction of sp³-hybridized carbons (Fsp3) is 0.571. The van der Waals surface area contributed by atoms with Gasteiger partial charge in [-0.1, -0.05) is 31.8 Å². The zero-order chi connectivity index (χ0) is 28.0. The first-order chi connectivity index (χ1) is 18.9. The number of benzene rings is 1. The first-order valence-electron chi connectivity index (χ1n) is 13.1. The molecule has 1 saturated heterocycles. The van der Waals surface area contributed by atoms with Gasteiger partial charge in [-0.05, 0) is 30.0 Å². The van der Waals surface area contributed by atoms with Gasteiger partial charge in [-0.25, -0.2) is 4.79 Å². The number of hydrogen-bond acceptors (Lipinski definition) is 9. The first-order valence-corrected chi connectivity index (χ1v) is 13.1. The molecule has 2 aliphatic rings. The number of amides is 3. The Bertz CT molecular complexity index is 1080. The summed E-state index contributed by atoms with van der Waals surface area (Å²) in [5.41, 5.74) is 2.02. The molecule has 3 rings (SSSR count). The highest BCUT2D eigenvalue weighted by Crippen LogP contribution is 2.29. The second-order valence-corrected chi connectivity index (χ2v) is 9.44. The van der Waals surface area contributed by atoms with Crippen LogP contribution in [0.15, 0.2) is 18.2 Å². The van der Waals surface area contributed by atoms with Gasteiger partial charge in [-0.15, -0.1) is 0 Å². The van der Waals surface area contributed by atoms with E-state index in [1.54, 1.807) is 12.1 Å². The maximum Gasteiger partial charge on any atom is 0.332 e. The maximum atomic E-state index is 12.9. The third-order valence-electron chi connectivity index (χ3n) is 5.89. The van der Waals surface area contributed by atoms with Crippen molar-refractivity contribution in [1.82, 2.24) is 10.2 Å². The largest absolute Gasteiger partial charge is 0.464 e. The smallest absolute Gasteiger partial charge is 0.332 e. The summed E-state index contributed by atoms with van der Waals surface area (Å²) in [4.78, 5) is 49.5. The van der Waals surface area contributed by atoms with Crippen molar-refractivity contribution in [3.8, 4) is 11.8 Å². The molecule has 1 aromatic carbocycles. The van der Waals surface area contributed by atoms with Crippen LogP contribution >= 0.6 is 0 Å². The van der Waals surface area contributed by atoms with E-state index in [0.717, 1.165) is 5.56 Å². The molecule has 1 unspecified atom stereocenters. The van der Waals surface area contributed by atoms with Gasteiger partial charge in [0.15, 0.2) is 0 Å². The molecule has 2 heterocycles. The molecule has 212 valence electrons. The molecule has 1 aromatic rings. The lowest BCUT2D eigenvalue weighted by Crippen LogP contribution is -2.52. The van der Waals surface area contributed by atoms with Crippen LogP contribution in [-0.4, -0.2) is 94.1 Å². The third kappa shape index (κ3) is 9.75. The molecule has 3 amide bonds. The summed E-state index contributed by atoms with van der Waals surface area (Å²) < 4.78 is 26.5. The Morgan fingerprint density at radius 2 is 1.72 bits per heavy atom. The number of imide groups is 1. The van der Waals surface area contributed by atoms with Crippen LogP contribution in [0, 0.1) is 17.8 Å². The summed E-state index contributed by atoms with van der Waals surface area (Å²) in [7, 11) is 0. The van der Waals surface area contributed by atoms with Crippen molar-refractivity contribution in [2.75, 3.05) is 59.5 Å². The summed E-state index contributed by atoms with van der Waals surface area (Å²) in [6, 6.07) is 4.67. The van der Waals surface area contributed by atoms with Crippen LogP contribution in [0.5, 0.6) is 0 Å². The molecule has 0 aromatic heterocycles. The van der Waals surface area contributed by atoms with E-state index in [1.807, 2.05) is 19.9 Å². The Balaban J connectivity index is 1.25. The van der Waals surface area contributed by atoms with Crippen molar-refractivity contribution in [2.45, 2.75) is 39.3 Å². The quantitative estimate of drug-likeness (QED) is 0.149. The van der Waals surface area contributed by atoms with Crippen LogP contribution in [0.4, 0.5) is 0 Å². The minimum atomic E-state index is -0.657. The second kappa shape index (κ2) is 16.0. The standard InChI is InChI=1S/C28H36N2O9/c1-20(2)18-39-26(32)19-38-16-15-37-14-13-36-12-11-35-10-4-6-21-5-3-7-22-23(21)17-30(28(22)34)24-8-9-25(31)29-27(24)33/h3,5,7,20,24H,8-19H2,1-2H3,(H,29,31,33). The van der Waals surface area contributed by atoms with Crippen molar-refractivity contribution >= 4 is 23.7 Å². The van der Waals surface area contributed by atoms with Crippen LogP contribution in [0.2, 0.25) is 0 Å². The number of ether oxygens (including phenoxy) is 5. The topological polar surface area (TPSA) is 130 Å². The molecular formula is C28H36N2O9. The second-order valence-electron chi connectivity index (χ2n) is 9.44. The number of nitrogens with zero attached hydrogens (tertiary/aromatic N) is 1. The van der Waals surface area contributed by atoms with E-state index in [2.05, 4.69) is 17.2 Å². The third-order valence-corrected chi connectivity index (χ3v) is 5.89. The van der Waals surface area contributed by atoms with Gasteiger partial charge in [0.05, 0.1) is 46.2 Å². The van der Waals surface area contributed by atoms with E-state index < -0.39 is 11.9 Å². The maximum absolute atomic E-state index is 12.9. The number of esters is 1. The van der Waals surface area contributed by atoms with Crippen molar-refractivity contribution < 1.29 is 42.9 Å². The van der Waals surface area contributed by atoms with Crippen LogP contribution < -0.4 is 5.32 Å². The number of rotatable bonds is 15. The van der Waals surface area contributed by atoms with Crippen LogP contribution in [0.3, 0.4) is 0 Å². The number of piperidine rings is 1. The van der Waals surface area contributed by atoms with Crippen molar-refractivity contribution in [1.29, 1.82) is 0 Å². The zero-order valence-electron chi connectivity index (χ0n) is 22.5. The molecule has 1 fully saturated rings. The van der Waals surface area contributed by atoms with Crippen LogP contribution in [-0.2, 0) is 44.6 Å². The van der Waals surface area contributed by atoms with E-state index in [0.29, 0.717) is 69.7 Å². The molecule has 0 spiro atoms. The minimum Gasteiger partial charge on any atom is -0.464 e. The lowest BCUT2D eigenvalue weighted by Gasteiger charge is -2.29. The van der Waals surface area contributed by atoms with Gasteiger partial charge in [-0.3, -0.25) is 19.7 Å². The van der Waals surface area contributed by atoms with E-state index in [1.165, 1.54) is 4.90 Å². The molecule has 0 aliphatic carbocycles. The van der Waals surface area contributed by atoms with E-state index in [9.17, 15) is 19.2 Å². The monoisotopic (exact) mass is 544 g/mol. The Morgan fingerprint density at radius 3 is 2.41 bits per heavy atom. The van der Waals surface area contributed by atoms with E-state index >= 15 is 0 Å². The van der Waals surface area contributed by atoms with Crippen molar-refractivity contribution in [2.24, 2.45) is 5.92 Å².